The van der Waals surface area contributed by atoms with E-state index in [0.29, 0.717) is 6.04 Å². The van der Waals surface area contributed by atoms with Crippen molar-refractivity contribution >= 4 is 17.3 Å². The zero-order chi connectivity index (χ0) is 14.5. The number of anilines is 1. The largest absolute Gasteiger partial charge is 0.367 e. The Balaban J connectivity index is 2.10. The molecule has 1 aliphatic rings. The molecule has 2 rings (SSSR count). The summed E-state index contributed by atoms with van der Waals surface area (Å²) in [4.78, 5) is 2.50. The highest BCUT2D eigenvalue weighted by atomic mass is 35.5. The molecule has 1 atom stereocenters. The Morgan fingerprint density at radius 2 is 2.10 bits per heavy atom. The fourth-order valence-corrected chi connectivity index (χ4v) is 2.88. The van der Waals surface area contributed by atoms with Crippen LogP contribution < -0.4 is 10.6 Å². The summed E-state index contributed by atoms with van der Waals surface area (Å²) in [6.07, 6.45) is 6.99. The van der Waals surface area contributed by atoms with Gasteiger partial charge in [-0.25, -0.2) is 0 Å². The van der Waals surface area contributed by atoms with Gasteiger partial charge in [0.2, 0.25) is 0 Å². The number of hydrogen-bond acceptors (Lipinski definition) is 2. The molecule has 1 unspecified atom stereocenters. The highest BCUT2D eigenvalue weighted by molar-refractivity contribution is 6.33. The van der Waals surface area contributed by atoms with Crippen LogP contribution in [0.3, 0.4) is 0 Å². The monoisotopic (exact) mass is 294 g/mol. The van der Waals surface area contributed by atoms with Gasteiger partial charge in [0.15, 0.2) is 0 Å². The minimum Gasteiger partial charge on any atom is -0.367 e. The highest BCUT2D eigenvalue weighted by Gasteiger charge is 2.29. The molecular weight excluding hydrogens is 268 g/mol. The fraction of sp³-hybridized carbons (Fsp3) is 0.647. The minimum absolute atomic E-state index is 0.233. The van der Waals surface area contributed by atoms with Gasteiger partial charge in [-0.1, -0.05) is 37.9 Å². The third-order valence-corrected chi connectivity index (χ3v) is 4.39. The molecule has 0 amide bonds. The second-order valence-corrected chi connectivity index (χ2v) is 6.34. The molecule has 0 radical (unpaired) electrons. The van der Waals surface area contributed by atoms with Crippen LogP contribution in [0.1, 0.15) is 51.5 Å². The lowest BCUT2D eigenvalue weighted by Crippen LogP contribution is -2.27. The Bertz CT molecular complexity index is 429. The van der Waals surface area contributed by atoms with Gasteiger partial charge in [-0.05, 0) is 49.8 Å². The van der Waals surface area contributed by atoms with Crippen LogP contribution in [-0.2, 0) is 6.42 Å². The summed E-state index contributed by atoms with van der Waals surface area (Å²) in [5, 5.41) is 0.883. The van der Waals surface area contributed by atoms with E-state index in [1.165, 1.54) is 36.9 Å². The normalized spacial score (nSPS) is 16.2. The topological polar surface area (TPSA) is 29.3 Å². The van der Waals surface area contributed by atoms with Crippen LogP contribution in [0.2, 0.25) is 5.02 Å². The van der Waals surface area contributed by atoms with Crippen LogP contribution in [-0.4, -0.2) is 18.6 Å². The van der Waals surface area contributed by atoms with Gasteiger partial charge < -0.3 is 10.6 Å². The van der Waals surface area contributed by atoms with Crippen LogP contribution in [0.25, 0.3) is 0 Å². The number of nitrogens with zero attached hydrogens (tertiary/aromatic N) is 1. The molecule has 0 spiro atoms. The summed E-state index contributed by atoms with van der Waals surface area (Å²) < 4.78 is 0. The molecule has 0 aliphatic heterocycles. The van der Waals surface area contributed by atoms with E-state index in [1.54, 1.807) is 0 Å². The molecule has 2 nitrogen and oxygen atoms in total. The third-order valence-electron chi connectivity index (χ3n) is 4.08. The van der Waals surface area contributed by atoms with Crippen LogP contribution >= 0.6 is 11.6 Å². The smallest absolute Gasteiger partial charge is 0.0642 e. The van der Waals surface area contributed by atoms with E-state index >= 15 is 0 Å². The summed E-state index contributed by atoms with van der Waals surface area (Å²) in [6.45, 7) is 5.48. The zero-order valence-corrected chi connectivity index (χ0v) is 13.5. The van der Waals surface area contributed by atoms with Crippen LogP contribution in [0, 0.1) is 0 Å². The van der Waals surface area contributed by atoms with Crippen LogP contribution in [0.15, 0.2) is 18.2 Å². The lowest BCUT2D eigenvalue weighted by Gasteiger charge is -2.26. The van der Waals surface area contributed by atoms with Crippen molar-refractivity contribution in [1.29, 1.82) is 0 Å². The first-order valence-corrected chi connectivity index (χ1v) is 8.34. The standard InChI is InChI=1S/C17H27ClN2/c1-3-5-10-20(15-7-8-15)17-9-6-13(12-16(17)18)11-14(19)4-2/h6,9,12,14-15H,3-5,7-8,10-11,19H2,1-2H3. The molecule has 112 valence electrons. The number of rotatable bonds is 8. The summed E-state index contributed by atoms with van der Waals surface area (Å²) >= 11 is 6.52. The first-order valence-electron chi connectivity index (χ1n) is 7.96. The highest BCUT2D eigenvalue weighted by Crippen LogP contribution is 2.36. The number of halogens is 1. The van der Waals surface area contributed by atoms with Crippen molar-refractivity contribution in [2.45, 2.75) is 64.5 Å². The Morgan fingerprint density at radius 3 is 2.65 bits per heavy atom. The van der Waals surface area contributed by atoms with Gasteiger partial charge in [-0.15, -0.1) is 0 Å². The van der Waals surface area contributed by atoms with Crippen molar-refractivity contribution in [2.75, 3.05) is 11.4 Å². The number of nitrogens with two attached hydrogens (primary N) is 1. The molecule has 0 aromatic heterocycles. The first-order chi connectivity index (χ1) is 9.65. The molecule has 1 saturated carbocycles. The lowest BCUT2D eigenvalue weighted by molar-refractivity contribution is 0.646. The van der Waals surface area contributed by atoms with Gasteiger partial charge in [-0.3, -0.25) is 0 Å². The van der Waals surface area contributed by atoms with Crippen LogP contribution in [0.4, 0.5) is 5.69 Å². The van der Waals surface area contributed by atoms with Gasteiger partial charge in [0.25, 0.3) is 0 Å². The summed E-state index contributed by atoms with van der Waals surface area (Å²) in [6, 6.07) is 7.43. The zero-order valence-electron chi connectivity index (χ0n) is 12.7. The minimum atomic E-state index is 0.233. The Labute approximate surface area is 128 Å². The maximum absolute atomic E-state index is 6.52. The van der Waals surface area contributed by atoms with Gasteiger partial charge in [0.1, 0.15) is 0 Å². The van der Waals surface area contributed by atoms with Gasteiger partial charge in [0, 0.05) is 18.6 Å². The molecule has 20 heavy (non-hydrogen) atoms. The molecule has 1 aromatic rings. The predicted molar refractivity (Wildman–Crippen MR) is 88.7 cm³/mol. The molecule has 0 bridgehead atoms. The van der Waals surface area contributed by atoms with E-state index in [4.69, 9.17) is 17.3 Å². The number of hydrogen-bond donors (Lipinski definition) is 1. The van der Waals surface area contributed by atoms with Crippen molar-refractivity contribution in [3.05, 3.63) is 28.8 Å². The average molecular weight is 295 g/mol. The van der Waals surface area contributed by atoms with E-state index in [1.807, 2.05) is 0 Å². The Kier molecular flexibility index (Phi) is 5.74. The fourth-order valence-electron chi connectivity index (χ4n) is 2.57. The second kappa shape index (κ2) is 7.33. The summed E-state index contributed by atoms with van der Waals surface area (Å²) in [5.41, 5.74) is 8.48. The second-order valence-electron chi connectivity index (χ2n) is 5.94. The molecule has 1 fully saturated rings. The molecule has 2 N–H and O–H groups in total. The molecule has 0 saturated heterocycles. The molecule has 3 heteroatoms. The van der Waals surface area contributed by atoms with Crippen molar-refractivity contribution in [3.8, 4) is 0 Å². The third kappa shape index (κ3) is 4.13. The maximum atomic E-state index is 6.52. The lowest BCUT2D eigenvalue weighted by atomic mass is 10.0. The maximum Gasteiger partial charge on any atom is 0.0642 e. The summed E-state index contributed by atoms with van der Waals surface area (Å²) in [5.74, 6) is 0. The number of benzene rings is 1. The van der Waals surface area contributed by atoms with E-state index in [0.717, 1.165) is 24.4 Å². The van der Waals surface area contributed by atoms with E-state index < -0.39 is 0 Å². The van der Waals surface area contributed by atoms with Crippen LogP contribution in [0.5, 0.6) is 0 Å². The van der Waals surface area contributed by atoms with E-state index in [2.05, 4.69) is 36.9 Å². The van der Waals surface area contributed by atoms with Gasteiger partial charge in [-0.2, -0.15) is 0 Å². The van der Waals surface area contributed by atoms with Crippen molar-refractivity contribution in [3.63, 3.8) is 0 Å². The predicted octanol–water partition coefficient (Wildman–Crippen LogP) is 4.39. The molecular formula is C17H27ClN2. The molecule has 0 heterocycles. The Morgan fingerprint density at radius 1 is 1.35 bits per heavy atom. The molecule has 1 aromatic carbocycles. The Hall–Kier alpha value is -0.730. The van der Waals surface area contributed by atoms with Gasteiger partial charge >= 0.3 is 0 Å². The van der Waals surface area contributed by atoms with E-state index in [-0.39, 0.29) is 6.04 Å². The van der Waals surface area contributed by atoms with Crippen molar-refractivity contribution in [2.24, 2.45) is 5.73 Å². The van der Waals surface area contributed by atoms with Crippen molar-refractivity contribution in [1.82, 2.24) is 0 Å². The van der Waals surface area contributed by atoms with Crippen molar-refractivity contribution < 1.29 is 0 Å². The molecule has 1 aliphatic carbocycles. The van der Waals surface area contributed by atoms with Gasteiger partial charge in [0.05, 0.1) is 10.7 Å². The quantitative estimate of drug-likeness (QED) is 0.770. The first kappa shape index (κ1) is 15.7. The summed E-state index contributed by atoms with van der Waals surface area (Å²) in [7, 11) is 0. The number of unbranched alkanes of at least 4 members (excludes halogenated alkanes) is 1. The average Bonchev–Trinajstić information content (AvgIpc) is 3.25. The SMILES string of the molecule is CCCCN(c1ccc(CC(N)CC)cc1Cl)C1CC1. The van der Waals surface area contributed by atoms with E-state index in [9.17, 15) is 0 Å².